The molecule has 1 aliphatic rings. The molecule has 3 amide bonds. The SMILES string of the molecule is CC(C)c1ccccc1NC(=O)c1cc(-c2ccccc2)cc(O)c1C(=O)N1CCN(C(=O)OC(C)(C)C)CC1. The number of aromatic hydroxyl groups is 1. The van der Waals surface area contributed by atoms with E-state index in [4.69, 9.17) is 4.74 Å². The minimum Gasteiger partial charge on any atom is -0.507 e. The van der Waals surface area contributed by atoms with E-state index in [0.717, 1.165) is 11.1 Å². The Hall–Kier alpha value is -4.33. The lowest BCUT2D eigenvalue weighted by atomic mass is 9.96. The molecule has 0 spiro atoms. The largest absolute Gasteiger partial charge is 0.507 e. The van der Waals surface area contributed by atoms with Crippen LogP contribution in [-0.4, -0.2) is 64.6 Å². The van der Waals surface area contributed by atoms with Crippen LogP contribution < -0.4 is 5.32 Å². The molecule has 8 nitrogen and oxygen atoms in total. The smallest absolute Gasteiger partial charge is 0.410 e. The quantitative estimate of drug-likeness (QED) is 0.404. The zero-order valence-electron chi connectivity index (χ0n) is 23.7. The van der Waals surface area contributed by atoms with Crippen molar-refractivity contribution in [3.8, 4) is 16.9 Å². The number of hydrogen-bond donors (Lipinski definition) is 2. The van der Waals surface area contributed by atoms with E-state index in [1.54, 1.807) is 36.6 Å². The molecule has 0 unspecified atom stereocenters. The molecule has 1 fully saturated rings. The molecule has 40 heavy (non-hydrogen) atoms. The summed E-state index contributed by atoms with van der Waals surface area (Å²) in [6.45, 7) is 10.6. The number of carbonyl (C=O) groups is 3. The lowest BCUT2D eigenvalue weighted by Crippen LogP contribution is -2.51. The van der Waals surface area contributed by atoms with Crippen molar-refractivity contribution in [2.75, 3.05) is 31.5 Å². The van der Waals surface area contributed by atoms with Gasteiger partial charge in [0.2, 0.25) is 0 Å². The van der Waals surface area contributed by atoms with Crippen LogP contribution in [0.1, 0.15) is 66.8 Å². The van der Waals surface area contributed by atoms with Crippen molar-refractivity contribution in [1.82, 2.24) is 9.80 Å². The second-order valence-corrected chi connectivity index (χ2v) is 11.2. The molecule has 0 radical (unpaired) electrons. The number of carbonyl (C=O) groups excluding carboxylic acids is 3. The van der Waals surface area contributed by atoms with Gasteiger partial charge in [-0.1, -0.05) is 62.4 Å². The Bertz CT molecular complexity index is 1390. The fourth-order valence-corrected chi connectivity index (χ4v) is 4.71. The first kappa shape index (κ1) is 28.7. The third kappa shape index (κ3) is 6.62. The van der Waals surface area contributed by atoms with Gasteiger partial charge in [-0.2, -0.15) is 0 Å². The van der Waals surface area contributed by atoms with E-state index in [0.29, 0.717) is 11.3 Å². The Morgan fingerprint density at radius 2 is 1.45 bits per heavy atom. The minimum atomic E-state index is -0.618. The number of benzene rings is 3. The van der Waals surface area contributed by atoms with Crippen molar-refractivity contribution < 1.29 is 24.2 Å². The molecule has 0 aromatic heterocycles. The number of phenolic OH excluding ortho intramolecular Hbond substituents is 1. The van der Waals surface area contributed by atoms with Crippen molar-refractivity contribution in [3.63, 3.8) is 0 Å². The zero-order valence-corrected chi connectivity index (χ0v) is 23.7. The highest BCUT2D eigenvalue weighted by atomic mass is 16.6. The van der Waals surface area contributed by atoms with Crippen molar-refractivity contribution in [2.45, 2.75) is 46.1 Å². The lowest BCUT2D eigenvalue weighted by molar-refractivity contribution is 0.0140. The Kier molecular flexibility index (Phi) is 8.47. The monoisotopic (exact) mass is 543 g/mol. The molecule has 210 valence electrons. The number of nitrogens with zero attached hydrogens (tertiary/aromatic N) is 2. The number of amides is 3. The second-order valence-electron chi connectivity index (χ2n) is 11.2. The molecule has 8 heteroatoms. The molecule has 4 rings (SSSR count). The second kappa shape index (κ2) is 11.8. The highest BCUT2D eigenvalue weighted by Crippen LogP contribution is 2.33. The topological polar surface area (TPSA) is 99.2 Å². The van der Waals surface area contributed by atoms with E-state index in [1.165, 1.54) is 6.07 Å². The van der Waals surface area contributed by atoms with Gasteiger partial charge in [0.15, 0.2) is 0 Å². The lowest BCUT2D eigenvalue weighted by Gasteiger charge is -2.36. The number of nitrogens with one attached hydrogen (secondary N) is 1. The summed E-state index contributed by atoms with van der Waals surface area (Å²) in [5.41, 5.74) is 2.43. The number of para-hydroxylation sites is 1. The molecule has 3 aromatic rings. The molecule has 0 saturated carbocycles. The molecule has 3 aromatic carbocycles. The minimum absolute atomic E-state index is 0.0649. The predicted octanol–water partition coefficient (Wildman–Crippen LogP) is 6.13. The first-order chi connectivity index (χ1) is 18.9. The standard InChI is InChI=1S/C32H37N3O5/c1-21(2)24-13-9-10-14-26(24)33-29(37)25-19-23(22-11-7-6-8-12-22)20-27(36)28(25)30(38)34-15-17-35(18-16-34)31(39)40-32(3,4)5/h6-14,19-21,36H,15-18H2,1-5H3,(H,33,37). The number of rotatable bonds is 5. The zero-order chi connectivity index (χ0) is 29.0. The van der Waals surface area contributed by atoms with Gasteiger partial charge in [0.1, 0.15) is 11.4 Å². The van der Waals surface area contributed by atoms with Crippen LogP contribution >= 0.6 is 0 Å². The molecular weight excluding hydrogens is 506 g/mol. The van der Waals surface area contributed by atoms with Gasteiger partial charge in [-0.3, -0.25) is 9.59 Å². The van der Waals surface area contributed by atoms with E-state index in [-0.39, 0.29) is 49.0 Å². The molecule has 1 heterocycles. The number of piperazine rings is 1. The Labute approximate surface area is 235 Å². The molecule has 2 N–H and O–H groups in total. The molecule has 0 bridgehead atoms. The Morgan fingerprint density at radius 1 is 0.850 bits per heavy atom. The summed E-state index contributed by atoms with van der Waals surface area (Å²) in [4.78, 5) is 43.1. The fraction of sp³-hybridized carbons (Fsp3) is 0.344. The summed E-state index contributed by atoms with van der Waals surface area (Å²) >= 11 is 0. The van der Waals surface area contributed by atoms with Crippen LogP contribution in [0.4, 0.5) is 10.5 Å². The van der Waals surface area contributed by atoms with Crippen molar-refractivity contribution in [2.24, 2.45) is 0 Å². The first-order valence-corrected chi connectivity index (χ1v) is 13.5. The van der Waals surface area contributed by atoms with Crippen LogP contribution in [0.25, 0.3) is 11.1 Å². The van der Waals surface area contributed by atoms with Gasteiger partial charge >= 0.3 is 6.09 Å². The Balaban J connectivity index is 1.66. The van der Waals surface area contributed by atoms with Crippen molar-refractivity contribution >= 4 is 23.6 Å². The van der Waals surface area contributed by atoms with Gasteiger partial charge < -0.3 is 25.0 Å². The van der Waals surface area contributed by atoms with E-state index in [2.05, 4.69) is 5.32 Å². The van der Waals surface area contributed by atoms with Crippen molar-refractivity contribution in [3.05, 3.63) is 83.4 Å². The van der Waals surface area contributed by atoms with Crippen LogP contribution in [0.2, 0.25) is 0 Å². The van der Waals surface area contributed by atoms with E-state index >= 15 is 0 Å². The van der Waals surface area contributed by atoms with Gasteiger partial charge in [-0.15, -0.1) is 0 Å². The normalized spacial score (nSPS) is 13.8. The highest BCUT2D eigenvalue weighted by Gasteiger charge is 2.32. The average Bonchev–Trinajstić information content (AvgIpc) is 2.92. The first-order valence-electron chi connectivity index (χ1n) is 13.5. The summed E-state index contributed by atoms with van der Waals surface area (Å²) < 4.78 is 5.46. The third-order valence-corrected chi connectivity index (χ3v) is 6.73. The van der Waals surface area contributed by atoms with Gasteiger partial charge in [-0.05, 0) is 61.6 Å². The average molecular weight is 544 g/mol. The van der Waals surface area contributed by atoms with Crippen LogP contribution in [0.15, 0.2) is 66.7 Å². The maximum absolute atomic E-state index is 13.8. The summed E-state index contributed by atoms with van der Waals surface area (Å²) in [7, 11) is 0. The van der Waals surface area contributed by atoms with Gasteiger partial charge in [-0.25, -0.2) is 4.79 Å². The maximum atomic E-state index is 13.8. The molecule has 1 saturated heterocycles. The third-order valence-electron chi connectivity index (χ3n) is 6.73. The molecular formula is C32H37N3O5. The number of ether oxygens (including phenoxy) is 1. The van der Waals surface area contributed by atoms with Crippen LogP contribution in [0.5, 0.6) is 5.75 Å². The summed E-state index contributed by atoms with van der Waals surface area (Å²) in [6.07, 6.45) is -0.432. The van der Waals surface area contributed by atoms with Gasteiger partial charge in [0.05, 0.1) is 11.1 Å². The number of anilines is 1. The van der Waals surface area contributed by atoms with Crippen LogP contribution in [-0.2, 0) is 4.74 Å². The summed E-state index contributed by atoms with van der Waals surface area (Å²) in [6, 6.07) is 20.1. The Morgan fingerprint density at radius 3 is 2.08 bits per heavy atom. The number of hydrogen-bond acceptors (Lipinski definition) is 5. The highest BCUT2D eigenvalue weighted by molar-refractivity contribution is 6.14. The van der Waals surface area contributed by atoms with Crippen LogP contribution in [0.3, 0.4) is 0 Å². The predicted molar refractivity (Wildman–Crippen MR) is 156 cm³/mol. The molecule has 0 aliphatic carbocycles. The van der Waals surface area contributed by atoms with Gasteiger partial charge in [0, 0.05) is 31.9 Å². The van der Waals surface area contributed by atoms with E-state index in [1.807, 2.05) is 68.4 Å². The number of phenols is 1. The maximum Gasteiger partial charge on any atom is 0.410 e. The van der Waals surface area contributed by atoms with Crippen molar-refractivity contribution in [1.29, 1.82) is 0 Å². The van der Waals surface area contributed by atoms with Crippen LogP contribution in [0, 0.1) is 0 Å². The summed E-state index contributed by atoms with van der Waals surface area (Å²) in [5, 5.41) is 14.1. The molecule has 0 atom stereocenters. The molecule has 1 aliphatic heterocycles. The summed E-state index contributed by atoms with van der Waals surface area (Å²) in [5.74, 6) is -1.06. The van der Waals surface area contributed by atoms with Gasteiger partial charge in [0.25, 0.3) is 11.8 Å². The van der Waals surface area contributed by atoms with E-state index in [9.17, 15) is 19.5 Å². The fourth-order valence-electron chi connectivity index (χ4n) is 4.71. The van der Waals surface area contributed by atoms with E-state index < -0.39 is 23.5 Å².